The standard InChI is InChI=1S/C31H35Cl2FN6O4/c1-29(2,3)44-28(43)37-15-13-31(14-16-37,40-19-24(35-36-40)25-22(32)7-6-8-23(25)33)27(42)39-18-17-38(26(41)30(39,4)5)21-11-9-20(34)10-12-21/h6-12,19H,13-18H2,1-5H3. The summed E-state index contributed by atoms with van der Waals surface area (Å²) < 4.78 is 20.7. The predicted molar refractivity (Wildman–Crippen MR) is 165 cm³/mol. The van der Waals surface area contributed by atoms with Gasteiger partial charge in [0.15, 0.2) is 0 Å². The molecule has 0 bridgehead atoms. The van der Waals surface area contributed by atoms with Crippen LogP contribution in [0.15, 0.2) is 48.7 Å². The lowest BCUT2D eigenvalue weighted by molar-refractivity contribution is -0.157. The van der Waals surface area contributed by atoms with Gasteiger partial charge in [0.2, 0.25) is 0 Å². The number of carbonyl (C=O) groups excluding carboxylic acids is 3. The number of aromatic nitrogens is 3. The Hall–Kier alpha value is -3.70. The second-order valence-electron chi connectivity index (χ2n) is 12.6. The highest BCUT2D eigenvalue weighted by atomic mass is 35.5. The van der Waals surface area contributed by atoms with E-state index in [-0.39, 0.29) is 50.8 Å². The van der Waals surface area contributed by atoms with Crippen LogP contribution in [-0.2, 0) is 19.9 Å². The Labute approximate surface area is 265 Å². The van der Waals surface area contributed by atoms with E-state index in [1.54, 1.807) is 85.8 Å². The van der Waals surface area contributed by atoms with Crippen molar-refractivity contribution in [1.82, 2.24) is 24.8 Å². The van der Waals surface area contributed by atoms with Crippen LogP contribution in [0.25, 0.3) is 11.3 Å². The van der Waals surface area contributed by atoms with E-state index in [4.69, 9.17) is 27.9 Å². The molecule has 3 aromatic rings. The van der Waals surface area contributed by atoms with Crippen molar-refractivity contribution in [3.63, 3.8) is 0 Å². The first-order chi connectivity index (χ1) is 20.6. The predicted octanol–water partition coefficient (Wildman–Crippen LogP) is 5.77. The van der Waals surface area contributed by atoms with Gasteiger partial charge in [0.05, 0.1) is 16.2 Å². The minimum Gasteiger partial charge on any atom is -0.444 e. The van der Waals surface area contributed by atoms with Crippen LogP contribution < -0.4 is 4.90 Å². The lowest BCUT2D eigenvalue weighted by atomic mass is 9.83. The summed E-state index contributed by atoms with van der Waals surface area (Å²) >= 11 is 12.9. The molecule has 2 aromatic carbocycles. The molecule has 1 aromatic heterocycles. The number of nitrogens with zero attached hydrogens (tertiary/aromatic N) is 6. The van der Waals surface area contributed by atoms with Crippen LogP contribution in [0.2, 0.25) is 10.0 Å². The molecular weight excluding hydrogens is 610 g/mol. The van der Waals surface area contributed by atoms with E-state index < -0.39 is 28.6 Å². The van der Waals surface area contributed by atoms with Crippen molar-refractivity contribution < 1.29 is 23.5 Å². The summed E-state index contributed by atoms with van der Waals surface area (Å²) in [4.78, 5) is 46.2. The normalized spacial score (nSPS) is 18.4. The first kappa shape index (κ1) is 31.7. The Balaban J connectivity index is 1.49. The topological polar surface area (TPSA) is 101 Å². The molecule has 3 heterocycles. The molecule has 0 unspecified atom stereocenters. The van der Waals surface area contributed by atoms with E-state index in [9.17, 15) is 18.8 Å². The van der Waals surface area contributed by atoms with Crippen molar-refractivity contribution in [3.05, 3.63) is 64.5 Å². The number of carbonyl (C=O) groups is 3. The number of amides is 3. The molecule has 2 fully saturated rings. The van der Waals surface area contributed by atoms with Crippen molar-refractivity contribution >= 4 is 46.8 Å². The van der Waals surface area contributed by atoms with Gasteiger partial charge in [-0.15, -0.1) is 5.10 Å². The van der Waals surface area contributed by atoms with Gasteiger partial charge >= 0.3 is 6.09 Å². The molecule has 0 aliphatic carbocycles. The van der Waals surface area contributed by atoms with E-state index in [0.29, 0.717) is 27.0 Å². The number of benzene rings is 2. The second-order valence-corrected chi connectivity index (χ2v) is 13.4. The van der Waals surface area contributed by atoms with Gasteiger partial charge in [-0.3, -0.25) is 9.59 Å². The van der Waals surface area contributed by atoms with Crippen molar-refractivity contribution in [3.8, 4) is 11.3 Å². The molecule has 3 amide bonds. The summed E-state index contributed by atoms with van der Waals surface area (Å²) in [5.74, 6) is -1.02. The molecule has 5 rings (SSSR count). The molecule has 0 spiro atoms. The SMILES string of the molecule is CC(C)(C)OC(=O)N1CCC(C(=O)N2CCN(c3ccc(F)cc3)C(=O)C2(C)C)(n2cc(-c3c(Cl)cccc3Cl)nn2)CC1. The van der Waals surface area contributed by atoms with Crippen molar-refractivity contribution in [1.29, 1.82) is 0 Å². The number of rotatable bonds is 4. The molecule has 0 N–H and O–H groups in total. The lowest BCUT2D eigenvalue weighted by Crippen LogP contribution is -2.69. The highest BCUT2D eigenvalue weighted by Gasteiger charge is 2.54. The van der Waals surface area contributed by atoms with Crippen LogP contribution in [0.4, 0.5) is 14.9 Å². The number of hydrogen-bond donors (Lipinski definition) is 0. The zero-order chi connectivity index (χ0) is 32.0. The zero-order valence-corrected chi connectivity index (χ0v) is 26.8. The van der Waals surface area contributed by atoms with Crippen LogP contribution in [0.5, 0.6) is 0 Å². The summed E-state index contributed by atoms with van der Waals surface area (Å²) in [6.07, 6.45) is 1.57. The van der Waals surface area contributed by atoms with E-state index in [2.05, 4.69) is 10.3 Å². The van der Waals surface area contributed by atoms with Gasteiger partial charge in [-0.1, -0.05) is 34.5 Å². The number of likely N-dealkylation sites (tertiary alicyclic amines) is 1. The van der Waals surface area contributed by atoms with Gasteiger partial charge in [0.25, 0.3) is 11.8 Å². The number of ether oxygens (including phenoxy) is 1. The maximum atomic E-state index is 14.7. The van der Waals surface area contributed by atoms with Gasteiger partial charge in [-0.2, -0.15) is 0 Å². The molecule has 2 saturated heterocycles. The summed E-state index contributed by atoms with van der Waals surface area (Å²) in [6.45, 7) is 9.66. The highest BCUT2D eigenvalue weighted by Crippen LogP contribution is 2.39. The quantitative estimate of drug-likeness (QED) is 0.357. The molecule has 0 saturated carbocycles. The molecule has 2 aliphatic heterocycles. The summed E-state index contributed by atoms with van der Waals surface area (Å²) in [6, 6.07) is 10.8. The third-order valence-corrected chi connectivity index (χ3v) is 8.80. The minimum absolute atomic E-state index is 0.201. The number of halogens is 3. The smallest absolute Gasteiger partial charge is 0.410 e. The monoisotopic (exact) mass is 644 g/mol. The summed E-state index contributed by atoms with van der Waals surface area (Å²) in [5.41, 5.74) is -1.76. The number of anilines is 1. The average molecular weight is 646 g/mol. The average Bonchev–Trinajstić information content (AvgIpc) is 3.44. The summed E-state index contributed by atoms with van der Waals surface area (Å²) in [7, 11) is 0. The molecule has 0 atom stereocenters. The lowest BCUT2D eigenvalue weighted by Gasteiger charge is -2.50. The Bertz CT molecular complexity index is 1560. The van der Waals surface area contributed by atoms with Crippen molar-refractivity contribution in [2.75, 3.05) is 31.1 Å². The summed E-state index contributed by atoms with van der Waals surface area (Å²) in [5, 5.41) is 9.49. The third kappa shape index (κ3) is 5.87. The number of piperidine rings is 1. The minimum atomic E-state index is -1.27. The maximum absolute atomic E-state index is 14.7. The molecule has 2 aliphatic rings. The molecule has 13 heteroatoms. The Morgan fingerprint density at radius 1 is 0.955 bits per heavy atom. The zero-order valence-electron chi connectivity index (χ0n) is 25.3. The first-order valence-electron chi connectivity index (χ1n) is 14.4. The van der Waals surface area contributed by atoms with Crippen LogP contribution in [0, 0.1) is 5.82 Å². The van der Waals surface area contributed by atoms with E-state index in [1.165, 1.54) is 16.8 Å². The molecule has 44 heavy (non-hydrogen) atoms. The van der Waals surface area contributed by atoms with Crippen LogP contribution in [0.3, 0.4) is 0 Å². The van der Waals surface area contributed by atoms with Crippen LogP contribution >= 0.6 is 23.2 Å². The number of piperazine rings is 1. The van der Waals surface area contributed by atoms with E-state index >= 15 is 0 Å². The van der Waals surface area contributed by atoms with Gasteiger partial charge in [0.1, 0.15) is 28.2 Å². The maximum Gasteiger partial charge on any atom is 0.410 e. The molecule has 234 valence electrons. The highest BCUT2D eigenvalue weighted by molar-refractivity contribution is 6.39. The van der Waals surface area contributed by atoms with Crippen molar-refractivity contribution in [2.45, 2.75) is 64.1 Å². The number of hydrogen-bond acceptors (Lipinski definition) is 6. The Morgan fingerprint density at radius 3 is 2.16 bits per heavy atom. The molecule has 0 radical (unpaired) electrons. The molecule has 10 nitrogen and oxygen atoms in total. The van der Waals surface area contributed by atoms with Crippen molar-refractivity contribution in [2.24, 2.45) is 0 Å². The van der Waals surface area contributed by atoms with Crippen LogP contribution in [0.1, 0.15) is 47.5 Å². The van der Waals surface area contributed by atoms with Gasteiger partial charge in [-0.05, 0) is 83.9 Å². The first-order valence-corrected chi connectivity index (χ1v) is 15.1. The van der Waals surface area contributed by atoms with Gasteiger partial charge in [0, 0.05) is 37.4 Å². The fourth-order valence-corrected chi connectivity index (χ4v) is 6.35. The Kier molecular flexibility index (Phi) is 8.41. The molecular formula is C31H35Cl2FN6O4. The van der Waals surface area contributed by atoms with Gasteiger partial charge in [-0.25, -0.2) is 13.9 Å². The van der Waals surface area contributed by atoms with Crippen LogP contribution in [-0.4, -0.2) is 80.0 Å². The largest absolute Gasteiger partial charge is 0.444 e. The second kappa shape index (κ2) is 11.7. The van der Waals surface area contributed by atoms with E-state index in [1.807, 2.05) is 0 Å². The third-order valence-electron chi connectivity index (χ3n) is 8.17. The van der Waals surface area contributed by atoms with Gasteiger partial charge < -0.3 is 19.4 Å². The fraction of sp³-hybridized carbons (Fsp3) is 0.452. The van der Waals surface area contributed by atoms with E-state index in [0.717, 1.165) is 0 Å². The Morgan fingerprint density at radius 2 is 1.57 bits per heavy atom. The fourth-order valence-electron chi connectivity index (χ4n) is 5.76.